The van der Waals surface area contributed by atoms with Crippen molar-refractivity contribution < 1.29 is 19.0 Å². The monoisotopic (exact) mass is 300 g/mol. The quantitative estimate of drug-likeness (QED) is 0.592. The first kappa shape index (κ1) is 14.4. The number of fused-ring (bicyclic) bond motifs is 3. The minimum Gasteiger partial charge on any atom is -0.496 e. The van der Waals surface area contributed by atoms with E-state index in [0.29, 0.717) is 28.9 Å². The van der Waals surface area contributed by atoms with Crippen molar-refractivity contribution in [3.05, 3.63) is 46.3 Å². The van der Waals surface area contributed by atoms with E-state index >= 15 is 0 Å². The van der Waals surface area contributed by atoms with Crippen molar-refractivity contribution in [3.63, 3.8) is 0 Å². The van der Waals surface area contributed by atoms with Gasteiger partial charge >= 0.3 is 5.63 Å². The van der Waals surface area contributed by atoms with Gasteiger partial charge < -0.3 is 19.0 Å². The number of rotatable bonds is 4. The highest BCUT2D eigenvalue weighted by Gasteiger charge is 2.15. The minimum atomic E-state index is -0.429. The molecule has 0 aliphatic heterocycles. The summed E-state index contributed by atoms with van der Waals surface area (Å²) in [4.78, 5) is 12.4. The Morgan fingerprint density at radius 3 is 2.64 bits per heavy atom. The minimum absolute atomic E-state index is 0.0314. The van der Waals surface area contributed by atoms with Crippen LogP contribution in [0.5, 0.6) is 11.5 Å². The second kappa shape index (κ2) is 5.69. The molecule has 0 aliphatic carbocycles. The van der Waals surface area contributed by atoms with E-state index in [0.717, 1.165) is 16.3 Å². The van der Waals surface area contributed by atoms with Crippen LogP contribution in [0.4, 0.5) is 0 Å². The first-order valence-electron chi connectivity index (χ1n) is 6.91. The van der Waals surface area contributed by atoms with Gasteiger partial charge in [0, 0.05) is 24.1 Å². The van der Waals surface area contributed by atoms with Crippen molar-refractivity contribution >= 4 is 21.7 Å². The van der Waals surface area contributed by atoms with Crippen molar-refractivity contribution in [2.24, 2.45) is 0 Å². The Bertz CT molecular complexity index is 895. The van der Waals surface area contributed by atoms with Crippen molar-refractivity contribution in [2.75, 3.05) is 20.8 Å². The Kier molecular flexibility index (Phi) is 3.73. The first-order valence-corrected chi connectivity index (χ1v) is 6.91. The van der Waals surface area contributed by atoms with Crippen LogP contribution < -0.4 is 15.1 Å². The van der Waals surface area contributed by atoms with E-state index in [1.807, 2.05) is 18.2 Å². The van der Waals surface area contributed by atoms with E-state index in [2.05, 4.69) is 0 Å². The van der Waals surface area contributed by atoms with E-state index < -0.39 is 5.63 Å². The van der Waals surface area contributed by atoms with Crippen LogP contribution in [0.25, 0.3) is 21.7 Å². The summed E-state index contributed by atoms with van der Waals surface area (Å²) < 4.78 is 16.1. The number of ether oxygens (including phenoxy) is 2. The zero-order valence-electron chi connectivity index (χ0n) is 12.4. The second-order valence-electron chi connectivity index (χ2n) is 4.91. The van der Waals surface area contributed by atoms with Crippen LogP contribution in [0.1, 0.15) is 5.56 Å². The normalized spacial score (nSPS) is 11.0. The molecule has 3 aromatic rings. The molecule has 1 aromatic heterocycles. The molecule has 0 atom stereocenters. The van der Waals surface area contributed by atoms with Crippen LogP contribution >= 0.6 is 0 Å². The summed E-state index contributed by atoms with van der Waals surface area (Å²) in [6, 6.07) is 8.94. The molecule has 22 heavy (non-hydrogen) atoms. The SMILES string of the molecule is COc1cc(OC)c2c(c1)oc(=O)c1c(CCO)cccc12. The van der Waals surface area contributed by atoms with Crippen LogP contribution in [-0.4, -0.2) is 25.9 Å². The molecule has 0 amide bonds. The lowest BCUT2D eigenvalue weighted by atomic mass is 10.0. The maximum absolute atomic E-state index is 12.4. The van der Waals surface area contributed by atoms with Crippen LogP contribution in [0, 0.1) is 0 Å². The Morgan fingerprint density at radius 1 is 1.14 bits per heavy atom. The van der Waals surface area contributed by atoms with E-state index in [4.69, 9.17) is 13.9 Å². The zero-order valence-corrected chi connectivity index (χ0v) is 12.4. The lowest BCUT2D eigenvalue weighted by Crippen LogP contribution is -2.05. The second-order valence-corrected chi connectivity index (χ2v) is 4.91. The van der Waals surface area contributed by atoms with Gasteiger partial charge in [-0.2, -0.15) is 0 Å². The molecule has 0 spiro atoms. The molecule has 0 fully saturated rings. The third kappa shape index (κ3) is 2.19. The molecule has 0 radical (unpaired) electrons. The van der Waals surface area contributed by atoms with Crippen LogP contribution in [0.2, 0.25) is 0 Å². The fraction of sp³-hybridized carbons (Fsp3) is 0.235. The van der Waals surface area contributed by atoms with Gasteiger partial charge in [-0.05, 0) is 12.0 Å². The average Bonchev–Trinajstić information content (AvgIpc) is 2.53. The van der Waals surface area contributed by atoms with Gasteiger partial charge in [0.2, 0.25) is 0 Å². The maximum Gasteiger partial charge on any atom is 0.344 e. The molecule has 0 aliphatic rings. The van der Waals surface area contributed by atoms with Crippen molar-refractivity contribution in [3.8, 4) is 11.5 Å². The fourth-order valence-electron chi connectivity index (χ4n) is 2.72. The molecule has 114 valence electrons. The Hall–Kier alpha value is -2.53. The van der Waals surface area contributed by atoms with Gasteiger partial charge in [0.1, 0.15) is 17.1 Å². The van der Waals surface area contributed by atoms with Gasteiger partial charge in [-0.3, -0.25) is 0 Å². The molecule has 0 unspecified atom stereocenters. The van der Waals surface area contributed by atoms with E-state index in [1.54, 1.807) is 26.4 Å². The first-order chi connectivity index (χ1) is 10.7. The largest absolute Gasteiger partial charge is 0.496 e. The molecule has 0 saturated heterocycles. The third-order valence-electron chi connectivity index (χ3n) is 3.70. The zero-order chi connectivity index (χ0) is 15.7. The summed E-state index contributed by atoms with van der Waals surface area (Å²) >= 11 is 0. The Balaban J connectivity index is 2.50. The van der Waals surface area contributed by atoms with Gasteiger partial charge in [-0.15, -0.1) is 0 Å². The Labute approximate surface area is 126 Å². The number of hydrogen-bond acceptors (Lipinski definition) is 5. The summed E-state index contributed by atoms with van der Waals surface area (Å²) in [5.41, 5.74) is 0.741. The summed E-state index contributed by atoms with van der Waals surface area (Å²) in [5, 5.41) is 11.1. The topological polar surface area (TPSA) is 68.9 Å². The number of benzene rings is 2. The molecule has 0 saturated carbocycles. The summed E-state index contributed by atoms with van der Waals surface area (Å²) in [6.45, 7) is -0.0314. The van der Waals surface area contributed by atoms with Gasteiger partial charge in [0.05, 0.1) is 25.0 Å². The van der Waals surface area contributed by atoms with E-state index in [9.17, 15) is 9.90 Å². The van der Waals surface area contributed by atoms with Crippen LogP contribution in [-0.2, 0) is 6.42 Å². The van der Waals surface area contributed by atoms with Crippen molar-refractivity contribution in [2.45, 2.75) is 6.42 Å². The third-order valence-corrected chi connectivity index (χ3v) is 3.70. The highest BCUT2D eigenvalue weighted by molar-refractivity contribution is 6.08. The molecule has 0 bridgehead atoms. The van der Waals surface area contributed by atoms with E-state index in [1.165, 1.54) is 0 Å². The maximum atomic E-state index is 12.4. The smallest absolute Gasteiger partial charge is 0.344 e. The summed E-state index contributed by atoms with van der Waals surface area (Å²) in [5.74, 6) is 1.13. The van der Waals surface area contributed by atoms with Gasteiger partial charge in [-0.25, -0.2) is 4.79 Å². The lowest BCUT2D eigenvalue weighted by molar-refractivity contribution is 0.300. The van der Waals surface area contributed by atoms with Gasteiger partial charge in [0.25, 0.3) is 0 Å². The standard InChI is InChI=1S/C17H16O5/c1-20-11-8-13(21-2)16-12-5-3-4-10(6-7-18)15(12)17(19)22-14(16)9-11/h3-5,8-9,18H,6-7H2,1-2H3. The van der Waals surface area contributed by atoms with Crippen molar-refractivity contribution in [1.29, 1.82) is 0 Å². The lowest BCUT2D eigenvalue weighted by Gasteiger charge is -2.11. The van der Waals surface area contributed by atoms with Crippen LogP contribution in [0.15, 0.2) is 39.5 Å². The molecular weight excluding hydrogens is 284 g/mol. The van der Waals surface area contributed by atoms with Crippen molar-refractivity contribution in [1.82, 2.24) is 0 Å². The fourth-order valence-corrected chi connectivity index (χ4v) is 2.72. The average molecular weight is 300 g/mol. The number of aliphatic hydroxyl groups is 1. The number of aliphatic hydroxyl groups excluding tert-OH is 1. The molecule has 5 nitrogen and oxygen atoms in total. The molecule has 2 aromatic carbocycles. The highest BCUT2D eigenvalue weighted by atomic mass is 16.5. The highest BCUT2D eigenvalue weighted by Crippen LogP contribution is 2.35. The van der Waals surface area contributed by atoms with E-state index in [-0.39, 0.29) is 6.61 Å². The molecule has 1 N–H and O–H groups in total. The number of methoxy groups -OCH3 is 2. The predicted molar refractivity (Wildman–Crippen MR) is 83.9 cm³/mol. The Morgan fingerprint density at radius 2 is 1.95 bits per heavy atom. The van der Waals surface area contributed by atoms with Crippen LogP contribution in [0.3, 0.4) is 0 Å². The summed E-state index contributed by atoms with van der Waals surface area (Å²) in [7, 11) is 3.10. The predicted octanol–water partition coefficient (Wildman–Crippen LogP) is 2.50. The molecule has 1 heterocycles. The summed E-state index contributed by atoms with van der Waals surface area (Å²) in [6.07, 6.45) is 0.395. The van der Waals surface area contributed by atoms with Gasteiger partial charge in [0.15, 0.2) is 0 Å². The van der Waals surface area contributed by atoms with Gasteiger partial charge in [-0.1, -0.05) is 18.2 Å². The number of hydrogen-bond donors (Lipinski definition) is 1. The molecule has 3 rings (SSSR count). The molecule has 5 heteroatoms. The molecular formula is C17H16O5.